The lowest BCUT2D eigenvalue weighted by molar-refractivity contribution is 0.249. The van der Waals surface area contributed by atoms with Gasteiger partial charge in [-0.15, -0.1) is 0 Å². The molecule has 1 N–H and O–H groups in total. The van der Waals surface area contributed by atoms with Crippen LogP contribution in [0.4, 0.5) is 11.8 Å². The molecular formula is C27H28ClN5. The average molecular weight is 458 g/mol. The molecule has 0 atom stereocenters. The quantitative estimate of drug-likeness (QED) is 0.412. The molecule has 3 aromatic carbocycles. The Labute approximate surface area is 200 Å². The molecular weight excluding hydrogens is 430 g/mol. The number of hydrogen-bond acceptors (Lipinski definition) is 5. The summed E-state index contributed by atoms with van der Waals surface area (Å²) in [7, 11) is 0. The lowest BCUT2D eigenvalue weighted by Crippen LogP contribution is -2.46. The van der Waals surface area contributed by atoms with Crippen LogP contribution in [0, 0.1) is 6.92 Å². The monoisotopic (exact) mass is 457 g/mol. The highest BCUT2D eigenvalue weighted by atomic mass is 35.5. The van der Waals surface area contributed by atoms with E-state index in [9.17, 15) is 0 Å². The van der Waals surface area contributed by atoms with Crippen molar-refractivity contribution in [3.05, 3.63) is 94.5 Å². The molecule has 0 spiro atoms. The fourth-order valence-corrected chi connectivity index (χ4v) is 4.40. The van der Waals surface area contributed by atoms with Crippen molar-refractivity contribution in [1.29, 1.82) is 0 Å². The number of para-hydroxylation sites is 1. The normalized spacial score (nSPS) is 14.5. The average Bonchev–Trinajstić information content (AvgIpc) is 2.85. The first-order chi connectivity index (χ1) is 16.2. The first-order valence-electron chi connectivity index (χ1n) is 11.4. The molecule has 0 radical (unpaired) electrons. The third-order valence-electron chi connectivity index (χ3n) is 6.18. The molecule has 1 aromatic heterocycles. The number of halogens is 1. The fourth-order valence-electron chi connectivity index (χ4n) is 4.21. The van der Waals surface area contributed by atoms with Gasteiger partial charge in [-0.1, -0.05) is 71.8 Å². The number of anilines is 2. The molecule has 5 nitrogen and oxygen atoms in total. The van der Waals surface area contributed by atoms with E-state index in [1.54, 1.807) is 0 Å². The van der Waals surface area contributed by atoms with Crippen molar-refractivity contribution in [2.75, 3.05) is 36.4 Å². The maximum absolute atomic E-state index is 6.36. The van der Waals surface area contributed by atoms with Gasteiger partial charge in [0.25, 0.3) is 0 Å². The molecule has 168 valence electrons. The number of aromatic nitrogens is 2. The van der Waals surface area contributed by atoms with Crippen LogP contribution < -0.4 is 10.2 Å². The Morgan fingerprint density at radius 2 is 1.58 bits per heavy atom. The molecule has 1 fully saturated rings. The summed E-state index contributed by atoms with van der Waals surface area (Å²) in [5.41, 5.74) is 4.64. The van der Waals surface area contributed by atoms with Crippen molar-refractivity contribution >= 4 is 34.3 Å². The highest BCUT2D eigenvalue weighted by Gasteiger charge is 2.21. The first-order valence-corrected chi connectivity index (χ1v) is 11.8. The van der Waals surface area contributed by atoms with Crippen molar-refractivity contribution in [1.82, 2.24) is 14.9 Å². The van der Waals surface area contributed by atoms with E-state index >= 15 is 0 Å². The molecule has 0 amide bonds. The van der Waals surface area contributed by atoms with Gasteiger partial charge < -0.3 is 10.2 Å². The standard InChI is InChI=1S/C27H28ClN5/c1-20-10-12-21(13-11-20)18-29-26-23-7-3-5-9-25(23)30-27(31-26)33-16-14-32(15-17-33)19-22-6-2-4-8-24(22)28/h2-13H,14-19H2,1H3,(H,29,30,31). The smallest absolute Gasteiger partial charge is 0.227 e. The van der Waals surface area contributed by atoms with E-state index in [0.29, 0.717) is 0 Å². The van der Waals surface area contributed by atoms with Crippen molar-refractivity contribution in [2.24, 2.45) is 0 Å². The van der Waals surface area contributed by atoms with Crippen molar-refractivity contribution in [2.45, 2.75) is 20.0 Å². The van der Waals surface area contributed by atoms with E-state index in [1.807, 2.05) is 30.3 Å². The Bertz CT molecular complexity index is 1230. The predicted octanol–water partition coefficient (Wildman–Crippen LogP) is 5.53. The molecule has 0 unspecified atom stereocenters. The van der Waals surface area contributed by atoms with Crippen LogP contribution in [0.3, 0.4) is 0 Å². The zero-order chi connectivity index (χ0) is 22.6. The van der Waals surface area contributed by atoms with E-state index in [4.69, 9.17) is 21.6 Å². The SMILES string of the molecule is Cc1ccc(CNc2nc(N3CCN(Cc4ccccc4Cl)CC3)nc3ccccc23)cc1. The van der Waals surface area contributed by atoms with Gasteiger partial charge in [0.1, 0.15) is 5.82 Å². The molecule has 6 heteroatoms. The Kier molecular flexibility index (Phi) is 6.42. The topological polar surface area (TPSA) is 44.3 Å². The molecule has 0 bridgehead atoms. The highest BCUT2D eigenvalue weighted by molar-refractivity contribution is 6.31. The molecule has 2 heterocycles. The number of aryl methyl sites for hydroxylation is 1. The molecule has 0 aliphatic carbocycles. The van der Waals surface area contributed by atoms with Gasteiger partial charge in [0, 0.05) is 49.7 Å². The number of nitrogens with zero attached hydrogens (tertiary/aromatic N) is 4. The molecule has 33 heavy (non-hydrogen) atoms. The number of nitrogens with one attached hydrogen (secondary N) is 1. The van der Waals surface area contributed by atoms with Crippen LogP contribution in [0.5, 0.6) is 0 Å². The molecule has 0 saturated carbocycles. The second kappa shape index (κ2) is 9.77. The minimum atomic E-state index is 0.729. The first kappa shape index (κ1) is 21.7. The van der Waals surface area contributed by atoms with E-state index in [0.717, 1.165) is 67.0 Å². The van der Waals surface area contributed by atoms with Crippen LogP contribution in [-0.4, -0.2) is 41.0 Å². The number of piperazine rings is 1. The minimum Gasteiger partial charge on any atom is -0.365 e. The molecule has 1 saturated heterocycles. The summed E-state index contributed by atoms with van der Waals surface area (Å²) in [4.78, 5) is 14.6. The van der Waals surface area contributed by atoms with Gasteiger partial charge in [0.05, 0.1) is 5.52 Å². The van der Waals surface area contributed by atoms with Gasteiger partial charge >= 0.3 is 0 Å². The number of hydrogen-bond donors (Lipinski definition) is 1. The van der Waals surface area contributed by atoms with Crippen LogP contribution in [0.15, 0.2) is 72.8 Å². The Morgan fingerprint density at radius 1 is 0.848 bits per heavy atom. The summed E-state index contributed by atoms with van der Waals surface area (Å²) in [6.07, 6.45) is 0. The van der Waals surface area contributed by atoms with Gasteiger partial charge in [0.15, 0.2) is 0 Å². The molecule has 1 aliphatic rings. The Morgan fingerprint density at radius 3 is 2.36 bits per heavy atom. The third kappa shape index (κ3) is 5.10. The van der Waals surface area contributed by atoms with E-state index < -0.39 is 0 Å². The van der Waals surface area contributed by atoms with Crippen LogP contribution in [0.25, 0.3) is 10.9 Å². The predicted molar refractivity (Wildman–Crippen MR) is 137 cm³/mol. The summed E-state index contributed by atoms with van der Waals surface area (Å²) in [6, 6.07) is 24.9. The van der Waals surface area contributed by atoms with Crippen LogP contribution in [0.2, 0.25) is 5.02 Å². The number of rotatable bonds is 6. The van der Waals surface area contributed by atoms with Crippen molar-refractivity contribution < 1.29 is 0 Å². The van der Waals surface area contributed by atoms with Crippen LogP contribution in [0.1, 0.15) is 16.7 Å². The fraction of sp³-hybridized carbons (Fsp3) is 0.259. The van der Waals surface area contributed by atoms with Gasteiger partial charge in [-0.05, 0) is 36.2 Å². The van der Waals surface area contributed by atoms with Gasteiger partial charge in [-0.3, -0.25) is 4.90 Å². The van der Waals surface area contributed by atoms with Gasteiger partial charge in [0.2, 0.25) is 5.95 Å². The van der Waals surface area contributed by atoms with Gasteiger partial charge in [-0.25, -0.2) is 4.98 Å². The minimum absolute atomic E-state index is 0.729. The van der Waals surface area contributed by atoms with Gasteiger partial charge in [-0.2, -0.15) is 4.98 Å². The van der Waals surface area contributed by atoms with Crippen LogP contribution >= 0.6 is 11.6 Å². The summed E-state index contributed by atoms with van der Waals surface area (Å²) >= 11 is 6.36. The molecule has 4 aromatic rings. The third-order valence-corrected chi connectivity index (χ3v) is 6.55. The maximum Gasteiger partial charge on any atom is 0.227 e. The van der Waals surface area contributed by atoms with E-state index in [1.165, 1.54) is 16.7 Å². The van der Waals surface area contributed by atoms with Crippen molar-refractivity contribution in [3.8, 4) is 0 Å². The lowest BCUT2D eigenvalue weighted by Gasteiger charge is -2.35. The summed E-state index contributed by atoms with van der Waals surface area (Å²) < 4.78 is 0. The zero-order valence-electron chi connectivity index (χ0n) is 18.8. The second-order valence-corrected chi connectivity index (χ2v) is 8.99. The Hall–Kier alpha value is -3.15. The maximum atomic E-state index is 6.36. The number of fused-ring (bicyclic) bond motifs is 1. The summed E-state index contributed by atoms with van der Waals surface area (Å²) in [5, 5.41) is 5.43. The Balaban J connectivity index is 1.31. The van der Waals surface area contributed by atoms with E-state index in [-0.39, 0.29) is 0 Å². The summed E-state index contributed by atoms with van der Waals surface area (Å²) in [5.74, 6) is 1.67. The zero-order valence-corrected chi connectivity index (χ0v) is 19.6. The van der Waals surface area contributed by atoms with Crippen molar-refractivity contribution in [3.63, 3.8) is 0 Å². The number of benzene rings is 3. The summed E-state index contributed by atoms with van der Waals surface area (Å²) in [6.45, 7) is 7.39. The largest absolute Gasteiger partial charge is 0.365 e. The highest BCUT2D eigenvalue weighted by Crippen LogP contribution is 2.25. The van der Waals surface area contributed by atoms with Crippen LogP contribution in [-0.2, 0) is 13.1 Å². The molecule has 1 aliphatic heterocycles. The van der Waals surface area contributed by atoms with E-state index in [2.05, 4.69) is 64.5 Å². The second-order valence-electron chi connectivity index (χ2n) is 8.58. The molecule has 5 rings (SSSR count). The lowest BCUT2D eigenvalue weighted by atomic mass is 10.1.